The van der Waals surface area contributed by atoms with Gasteiger partial charge in [0, 0.05) is 26.8 Å². The number of alkyl halides is 2. The quantitative estimate of drug-likeness (QED) is 0.845. The minimum absolute atomic E-state index is 0.0165. The monoisotopic (exact) mass is 329 g/mol. The maximum absolute atomic E-state index is 12.6. The zero-order chi connectivity index (χ0) is 10.3. The molecule has 1 aliphatic rings. The van der Waals surface area contributed by atoms with Crippen LogP contribution in [0.5, 0.6) is 0 Å². The average molecular weight is 329 g/mol. The Hall–Kier alpha value is 0.250. The molecule has 14 heavy (non-hydrogen) atoms. The number of halogens is 3. The number of hydrogen-bond donors (Lipinski definition) is 1. The number of hydrogen-bond acceptors (Lipinski definition) is 2. The highest BCUT2D eigenvalue weighted by Crippen LogP contribution is 2.52. The molecule has 0 radical (unpaired) electrons. The number of thiophene rings is 1. The fraction of sp³-hybridized carbons (Fsp3) is 0.556. The van der Waals surface area contributed by atoms with Crippen molar-refractivity contribution in [2.45, 2.75) is 24.8 Å². The van der Waals surface area contributed by atoms with Gasteiger partial charge in [0.1, 0.15) is 0 Å². The molecule has 0 bridgehead atoms. The van der Waals surface area contributed by atoms with Crippen LogP contribution in [0, 0.1) is 9.49 Å². The van der Waals surface area contributed by atoms with Crippen LogP contribution in [0.15, 0.2) is 11.4 Å². The Labute approximate surface area is 98.8 Å². The van der Waals surface area contributed by atoms with Gasteiger partial charge in [-0.25, -0.2) is 8.78 Å². The Morgan fingerprint density at radius 1 is 1.71 bits per heavy atom. The predicted octanol–water partition coefficient (Wildman–Crippen LogP) is 3.40. The van der Waals surface area contributed by atoms with Crippen LogP contribution in [0.2, 0.25) is 0 Å². The van der Waals surface area contributed by atoms with Crippen LogP contribution in [-0.4, -0.2) is 5.92 Å². The van der Waals surface area contributed by atoms with E-state index >= 15 is 0 Å². The molecule has 1 aromatic rings. The van der Waals surface area contributed by atoms with Gasteiger partial charge >= 0.3 is 0 Å². The van der Waals surface area contributed by atoms with Crippen molar-refractivity contribution in [2.24, 2.45) is 11.7 Å². The molecule has 0 spiro atoms. The lowest BCUT2D eigenvalue weighted by Crippen LogP contribution is -2.12. The van der Waals surface area contributed by atoms with Crippen molar-refractivity contribution in [3.63, 3.8) is 0 Å². The molecule has 0 amide bonds. The zero-order valence-corrected chi connectivity index (χ0v) is 10.3. The minimum atomic E-state index is -2.44. The molecular formula is C9H10F2INS. The fourth-order valence-corrected chi connectivity index (χ4v) is 3.52. The average Bonchev–Trinajstić information content (AvgIpc) is 2.53. The smallest absolute Gasteiger partial charge is 0.251 e. The van der Waals surface area contributed by atoms with Crippen molar-refractivity contribution in [3.8, 4) is 0 Å². The summed E-state index contributed by atoms with van der Waals surface area (Å²) in [7, 11) is 0. The van der Waals surface area contributed by atoms with E-state index in [-0.39, 0.29) is 12.5 Å². The van der Waals surface area contributed by atoms with E-state index in [2.05, 4.69) is 22.6 Å². The molecule has 2 atom stereocenters. The predicted molar refractivity (Wildman–Crippen MR) is 61.6 cm³/mol. The van der Waals surface area contributed by atoms with E-state index in [1.165, 1.54) is 0 Å². The molecule has 2 rings (SSSR count). The molecule has 1 aromatic heterocycles. The SMILES string of the molecule is NC(CC1CC1(F)F)c1sccc1I. The first-order valence-electron chi connectivity index (χ1n) is 4.37. The van der Waals surface area contributed by atoms with E-state index in [4.69, 9.17) is 5.73 Å². The number of rotatable bonds is 3. The van der Waals surface area contributed by atoms with Gasteiger partial charge < -0.3 is 5.73 Å². The van der Waals surface area contributed by atoms with E-state index < -0.39 is 11.8 Å². The largest absolute Gasteiger partial charge is 0.323 e. The zero-order valence-electron chi connectivity index (χ0n) is 7.34. The Morgan fingerprint density at radius 3 is 2.79 bits per heavy atom. The summed E-state index contributed by atoms with van der Waals surface area (Å²) >= 11 is 3.74. The highest BCUT2D eigenvalue weighted by Gasteiger charge is 2.56. The van der Waals surface area contributed by atoms with E-state index in [0.29, 0.717) is 6.42 Å². The van der Waals surface area contributed by atoms with Gasteiger partial charge in [-0.3, -0.25) is 0 Å². The lowest BCUT2D eigenvalue weighted by Gasteiger charge is -2.09. The topological polar surface area (TPSA) is 26.0 Å². The van der Waals surface area contributed by atoms with E-state index in [0.717, 1.165) is 8.45 Å². The van der Waals surface area contributed by atoms with Gasteiger partial charge in [0.25, 0.3) is 5.92 Å². The molecule has 1 nitrogen and oxygen atoms in total. The second-order valence-corrected chi connectivity index (χ2v) is 5.75. The summed E-state index contributed by atoms with van der Waals surface area (Å²) in [4.78, 5) is 1.04. The van der Waals surface area contributed by atoms with Gasteiger partial charge in [0.15, 0.2) is 0 Å². The Balaban J connectivity index is 1.97. The lowest BCUT2D eigenvalue weighted by molar-refractivity contribution is 0.0955. The highest BCUT2D eigenvalue weighted by molar-refractivity contribution is 14.1. The van der Waals surface area contributed by atoms with Gasteiger partial charge in [-0.15, -0.1) is 11.3 Å². The molecule has 0 aliphatic heterocycles. The molecule has 1 fully saturated rings. The summed E-state index contributed by atoms with van der Waals surface area (Å²) in [6.07, 6.45) is 0.423. The third-order valence-electron chi connectivity index (χ3n) is 2.48. The molecule has 78 valence electrons. The normalized spacial score (nSPS) is 26.1. The molecule has 2 N–H and O–H groups in total. The lowest BCUT2D eigenvalue weighted by atomic mass is 10.1. The van der Waals surface area contributed by atoms with Crippen molar-refractivity contribution in [2.75, 3.05) is 0 Å². The Morgan fingerprint density at radius 2 is 2.36 bits per heavy atom. The van der Waals surface area contributed by atoms with Crippen LogP contribution in [0.1, 0.15) is 23.8 Å². The third-order valence-corrected chi connectivity index (χ3v) is 4.83. The van der Waals surface area contributed by atoms with Crippen LogP contribution in [0.3, 0.4) is 0 Å². The first-order chi connectivity index (χ1) is 6.50. The maximum atomic E-state index is 12.6. The van der Waals surface area contributed by atoms with Crippen LogP contribution in [-0.2, 0) is 0 Å². The molecule has 5 heteroatoms. The highest BCUT2D eigenvalue weighted by atomic mass is 127. The van der Waals surface area contributed by atoms with Crippen LogP contribution >= 0.6 is 33.9 Å². The van der Waals surface area contributed by atoms with Crippen molar-refractivity contribution < 1.29 is 8.78 Å². The van der Waals surface area contributed by atoms with Crippen LogP contribution in [0.4, 0.5) is 8.78 Å². The minimum Gasteiger partial charge on any atom is -0.323 e. The van der Waals surface area contributed by atoms with Crippen LogP contribution < -0.4 is 5.73 Å². The fourth-order valence-electron chi connectivity index (χ4n) is 1.51. The van der Waals surface area contributed by atoms with Gasteiger partial charge in [-0.05, 0) is 40.5 Å². The molecular weight excluding hydrogens is 319 g/mol. The van der Waals surface area contributed by atoms with Gasteiger partial charge in [-0.2, -0.15) is 0 Å². The molecule has 0 saturated heterocycles. The summed E-state index contributed by atoms with van der Waals surface area (Å²) < 4.78 is 26.4. The standard InChI is InChI=1S/C9H10F2INS/c10-9(11)4-5(9)3-7(13)8-6(12)1-2-14-8/h1-2,5,7H,3-4,13H2. The van der Waals surface area contributed by atoms with Crippen molar-refractivity contribution >= 4 is 33.9 Å². The summed E-state index contributed by atoms with van der Waals surface area (Å²) in [5.74, 6) is -2.93. The first-order valence-corrected chi connectivity index (χ1v) is 6.33. The second-order valence-electron chi connectivity index (χ2n) is 3.64. The van der Waals surface area contributed by atoms with Crippen molar-refractivity contribution in [1.29, 1.82) is 0 Å². The van der Waals surface area contributed by atoms with E-state index in [9.17, 15) is 8.78 Å². The first kappa shape index (κ1) is 10.8. The molecule has 1 saturated carbocycles. The van der Waals surface area contributed by atoms with Crippen molar-refractivity contribution in [3.05, 3.63) is 19.9 Å². The van der Waals surface area contributed by atoms with Crippen molar-refractivity contribution in [1.82, 2.24) is 0 Å². The Bertz CT molecular complexity index is 339. The van der Waals surface area contributed by atoms with E-state index in [1.54, 1.807) is 11.3 Å². The summed E-state index contributed by atoms with van der Waals surface area (Å²) in [6.45, 7) is 0. The third kappa shape index (κ3) is 2.09. The second kappa shape index (κ2) is 3.68. The van der Waals surface area contributed by atoms with Gasteiger partial charge in [-0.1, -0.05) is 0 Å². The molecule has 2 unspecified atom stereocenters. The van der Waals surface area contributed by atoms with Crippen LogP contribution in [0.25, 0.3) is 0 Å². The summed E-state index contributed by atoms with van der Waals surface area (Å²) in [5.41, 5.74) is 5.87. The summed E-state index contributed by atoms with van der Waals surface area (Å²) in [5, 5.41) is 1.95. The van der Waals surface area contributed by atoms with E-state index in [1.807, 2.05) is 11.4 Å². The van der Waals surface area contributed by atoms with Gasteiger partial charge in [0.2, 0.25) is 0 Å². The summed E-state index contributed by atoms with van der Waals surface area (Å²) in [6, 6.07) is 1.74. The molecule has 1 aliphatic carbocycles. The maximum Gasteiger partial charge on any atom is 0.251 e. The molecule has 0 aromatic carbocycles. The Kier molecular flexibility index (Phi) is 2.83. The number of nitrogens with two attached hydrogens (primary N) is 1. The molecule has 1 heterocycles. The van der Waals surface area contributed by atoms with Gasteiger partial charge in [0.05, 0.1) is 0 Å².